The number of fused-ring (bicyclic) bond motifs is 1. The van der Waals surface area contributed by atoms with Crippen LogP contribution in [-0.2, 0) is 6.42 Å². The van der Waals surface area contributed by atoms with Crippen LogP contribution in [0.3, 0.4) is 0 Å². The first-order chi connectivity index (χ1) is 9.70. The highest BCUT2D eigenvalue weighted by Gasteiger charge is 2.30. The first kappa shape index (κ1) is 13.8. The number of nitrogens with zero attached hydrogens (tertiary/aromatic N) is 2. The van der Waals surface area contributed by atoms with Gasteiger partial charge in [0, 0.05) is 17.6 Å². The number of hydrogen-bond acceptors (Lipinski definition) is 3. The topological polar surface area (TPSA) is 33.2 Å². The van der Waals surface area contributed by atoms with Crippen LogP contribution in [-0.4, -0.2) is 22.3 Å². The summed E-state index contributed by atoms with van der Waals surface area (Å²) in [4.78, 5) is 20.2. The molecule has 0 radical (unpaired) electrons. The molecule has 1 aliphatic heterocycles. The minimum absolute atomic E-state index is 0.0775. The Morgan fingerprint density at radius 1 is 1.50 bits per heavy atom. The second-order valence-electron chi connectivity index (χ2n) is 4.84. The van der Waals surface area contributed by atoms with Crippen LogP contribution in [0.4, 0.5) is 0 Å². The van der Waals surface area contributed by atoms with Gasteiger partial charge in [0.25, 0.3) is 5.91 Å². The molecular formula is C15H15BrN2OS. The molecule has 104 valence electrons. The van der Waals surface area contributed by atoms with Crippen molar-refractivity contribution < 1.29 is 4.79 Å². The van der Waals surface area contributed by atoms with E-state index >= 15 is 0 Å². The highest BCUT2D eigenvalue weighted by atomic mass is 79.9. The quantitative estimate of drug-likeness (QED) is 0.765. The summed E-state index contributed by atoms with van der Waals surface area (Å²) in [5.74, 6) is 0.0775. The molecular weight excluding hydrogens is 336 g/mol. The zero-order chi connectivity index (χ0) is 14.1. The number of carbonyl (C=O) groups excluding carboxylic acids is 1. The van der Waals surface area contributed by atoms with E-state index in [0.717, 1.165) is 24.0 Å². The van der Waals surface area contributed by atoms with Crippen molar-refractivity contribution in [3.8, 4) is 0 Å². The Balaban J connectivity index is 1.90. The van der Waals surface area contributed by atoms with E-state index in [1.165, 1.54) is 10.4 Å². The molecule has 0 spiro atoms. The molecule has 0 aliphatic carbocycles. The summed E-state index contributed by atoms with van der Waals surface area (Å²) in [6.45, 7) is 2.93. The van der Waals surface area contributed by atoms with Crippen molar-refractivity contribution in [2.45, 2.75) is 25.8 Å². The molecule has 0 saturated heterocycles. The van der Waals surface area contributed by atoms with Gasteiger partial charge in [-0.05, 0) is 57.9 Å². The lowest BCUT2D eigenvalue weighted by Crippen LogP contribution is -2.39. The number of carbonyl (C=O) groups is 1. The van der Waals surface area contributed by atoms with Gasteiger partial charge in [-0.1, -0.05) is 6.92 Å². The predicted octanol–water partition coefficient (Wildman–Crippen LogP) is 4.06. The van der Waals surface area contributed by atoms with Crippen molar-refractivity contribution >= 4 is 33.2 Å². The number of pyridine rings is 1. The lowest BCUT2D eigenvalue weighted by atomic mass is 9.97. The molecule has 1 aliphatic rings. The average molecular weight is 351 g/mol. The van der Waals surface area contributed by atoms with Gasteiger partial charge in [-0.15, -0.1) is 11.3 Å². The smallest absolute Gasteiger partial charge is 0.255 e. The molecule has 20 heavy (non-hydrogen) atoms. The summed E-state index contributed by atoms with van der Waals surface area (Å²) in [6, 6.07) is 6.00. The minimum Gasteiger partial charge on any atom is -0.331 e. The summed E-state index contributed by atoms with van der Waals surface area (Å²) >= 11 is 5.10. The largest absolute Gasteiger partial charge is 0.331 e. The van der Waals surface area contributed by atoms with Crippen molar-refractivity contribution in [1.82, 2.24) is 9.88 Å². The number of halogens is 1. The van der Waals surface area contributed by atoms with Gasteiger partial charge in [-0.2, -0.15) is 0 Å². The number of aromatic nitrogens is 1. The van der Waals surface area contributed by atoms with Gasteiger partial charge in [-0.3, -0.25) is 4.79 Å². The SMILES string of the molecule is CCC1c2ccsc2CCN1C(=O)c1ccc(Br)nc1. The van der Waals surface area contributed by atoms with Gasteiger partial charge >= 0.3 is 0 Å². The van der Waals surface area contributed by atoms with Crippen molar-refractivity contribution in [1.29, 1.82) is 0 Å². The molecule has 3 heterocycles. The van der Waals surface area contributed by atoms with Crippen LogP contribution in [0.2, 0.25) is 0 Å². The van der Waals surface area contributed by atoms with E-state index in [1.807, 2.05) is 17.0 Å². The Morgan fingerprint density at radius 2 is 2.35 bits per heavy atom. The van der Waals surface area contributed by atoms with Crippen LogP contribution in [0.5, 0.6) is 0 Å². The number of amides is 1. The molecule has 3 nitrogen and oxygen atoms in total. The predicted molar refractivity (Wildman–Crippen MR) is 84.0 cm³/mol. The van der Waals surface area contributed by atoms with E-state index in [0.29, 0.717) is 5.56 Å². The molecule has 5 heteroatoms. The standard InChI is InChI=1S/C15H15BrN2OS/c1-2-12-11-6-8-20-13(11)5-7-18(12)15(19)10-3-4-14(16)17-9-10/h3-4,6,8-9,12H,2,5,7H2,1H3. The highest BCUT2D eigenvalue weighted by Crippen LogP contribution is 2.35. The molecule has 0 saturated carbocycles. The van der Waals surface area contributed by atoms with Crippen LogP contribution in [0, 0.1) is 0 Å². The van der Waals surface area contributed by atoms with E-state index in [1.54, 1.807) is 17.5 Å². The summed E-state index contributed by atoms with van der Waals surface area (Å²) in [5, 5.41) is 2.13. The maximum atomic E-state index is 12.7. The monoisotopic (exact) mass is 350 g/mol. The molecule has 0 N–H and O–H groups in total. The van der Waals surface area contributed by atoms with Gasteiger partial charge in [-0.25, -0.2) is 4.98 Å². The van der Waals surface area contributed by atoms with E-state index in [4.69, 9.17) is 0 Å². The van der Waals surface area contributed by atoms with Crippen molar-refractivity contribution in [3.63, 3.8) is 0 Å². The molecule has 2 aromatic heterocycles. The molecule has 1 unspecified atom stereocenters. The number of rotatable bonds is 2. The first-order valence-corrected chi connectivity index (χ1v) is 8.36. The molecule has 2 aromatic rings. The van der Waals surface area contributed by atoms with Gasteiger partial charge in [0.05, 0.1) is 11.6 Å². The first-order valence-electron chi connectivity index (χ1n) is 6.69. The van der Waals surface area contributed by atoms with Crippen LogP contribution in [0.1, 0.15) is 40.2 Å². The summed E-state index contributed by atoms with van der Waals surface area (Å²) < 4.78 is 0.750. The maximum absolute atomic E-state index is 12.7. The summed E-state index contributed by atoms with van der Waals surface area (Å²) in [7, 11) is 0. The number of hydrogen-bond donors (Lipinski definition) is 0. The molecule has 0 aromatic carbocycles. The van der Waals surface area contributed by atoms with Gasteiger partial charge in [0.2, 0.25) is 0 Å². The zero-order valence-electron chi connectivity index (χ0n) is 11.2. The average Bonchev–Trinajstić information content (AvgIpc) is 2.94. The van der Waals surface area contributed by atoms with Crippen LogP contribution < -0.4 is 0 Å². The highest BCUT2D eigenvalue weighted by molar-refractivity contribution is 9.10. The van der Waals surface area contributed by atoms with Gasteiger partial charge in [0.15, 0.2) is 0 Å². The number of thiophene rings is 1. The van der Waals surface area contributed by atoms with Gasteiger partial charge < -0.3 is 4.90 Å². The third kappa shape index (κ3) is 2.40. The maximum Gasteiger partial charge on any atom is 0.255 e. The third-order valence-electron chi connectivity index (χ3n) is 3.72. The molecule has 0 bridgehead atoms. The molecule has 0 fully saturated rings. The van der Waals surface area contributed by atoms with Crippen LogP contribution in [0.25, 0.3) is 0 Å². The Morgan fingerprint density at radius 3 is 3.05 bits per heavy atom. The summed E-state index contributed by atoms with van der Waals surface area (Å²) in [6.07, 6.45) is 3.54. The Labute approximate surface area is 130 Å². The minimum atomic E-state index is 0.0775. The molecule has 1 atom stereocenters. The fourth-order valence-electron chi connectivity index (χ4n) is 2.75. The Kier molecular flexibility index (Phi) is 3.89. The fourth-order valence-corrected chi connectivity index (χ4v) is 3.91. The lowest BCUT2D eigenvalue weighted by molar-refractivity contribution is 0.0657. The molecule has 1 amide bonds. The van der Waals surface area contributed by atoms with E-state index in [-0.39, 0.29) is 11.9 Å². The van der Waals surface area contributed by atoms with Crippen LogP contribution >= 0.6 is 27.3 Å². The second-order valence-corrected chi connectivity index (χ2v) is 6.65. The molecule has 3 rings (SSSR count). The van der Waals surface area contributed by atoms with Crippen molar-refractivity contribution in [2.75, 3.05) is 6.54 Å². The van der Waals surface area contributed by atoms with E-state index in [2.05, 4.69) is 39.3 Å². The second kappa shape index (κ2) is 5.66. The Bertz CT molecular complexity index is 623. The normalized spacial score (nSPS) is 17.9. The lowest BCUT2D eigenvalue weighted by Gasteiger charge is -2.35. The zero-order valence-corrected chi connectivity index (χ0v) is 13.6. The van der Waals surface area contributed by atoms with Crippen molar-refractivity contribution in [2.24, 2.45) is 0 Å². The van der Waals surface area contributed by atoms with E-state index < -0.39 is 0 Å². The summed E-state index contributed by atoms with van der Waals surface area (Å²) in [5.41, 5.74) is 1.98. The fraction of sp³-hybridized carbons (Fsp3) is 0.333. The Hall–Kier alpha value is -1.20. The van der Waals surface area contributed by atoms with E-state index in [9.17, 15) is 4.79 Å². The third-order valence-corrected chi connectivity index (χ3v) is 5.18. The van der Waals surface area contributed by atoms with Gasteiger partial charge in [0.1, 0.15) is 4.60 Å². The van der Waals surface area contributed by atoms with Crippen LogP contribution in [0.15, 0.2) is 34.4 Å². The van der Waals surface area contributed by atoms with Crippen molar-refractivity contribution in [3.05, 3.63) is 50.4 Å².